The molecule has 0 amide bonds. The Morgan fingerprint density at radius 3 is 1.43 bits per heavy atom. The van der Waals surface area contributed by atoms with E-state index in [9.17, 15) is 0 Å². The predicted octanol–water partition coefficient (Wildman–Crippen LogP) is 13.7. The van der Waals surface area contributed by atoms with Crippen LogP contribution in [-0.2, 0) is 21.8 Å². The van der Waals surface area contributed by atoms with E-state index >= 15 is 0 Å². The number of hydrogen-bond acceptors (Lipinski definition) is 2. The van der Waals surface area contributed by atoms with Gasteiger partial charge in [0.1, 0.15) is 0 Å². The Morgan fingerprint density at radius 2 is 1.09 bits per heavy atom. The maximum atomic E-state index is 7.44. The number of allylic oxidation sites excluding steroid dienone is 2. The molecule has 252 valence electrons. The smallest absolute Gasteiger partial charge is 0.698 e. The third-order valence-corrected chi connectivity index (χ3v) is 7.99. The van der Waals surface area contributed by atoms with Gasteiger partial charge in [-0.25, -0.2) is 0 Å². The molecular formula is C41H59FeN3O. The fourth-order valence-corrected chi connectivity index (χ4v) is 5.33. The van der Waals surface area contributed by atoms with Crippen LogP contribution in [0, 0.1) is 13.8 Å². The van der Waals surface area contributed by atoms with Gasteiger partial charge in [0.15, 0.2) is 0 Å². The normalized spacial score (nSPS) is 13.3. The molecule has 0 spiro atoms. The molecule has 0 aliphatic carbocycles. The van der Waals surface area contributed by atoms with Crippen LogP contribution in [0.4, 0.5) is 17.1 Å². The fourth-order valence-electron chi connectivity index (χ4n) is 5.33. The van der Waals surface area contributed by atoms with Gasteiger partial charge in [0.05, 0.1) is 5.69 Å². The van der Waals surface area contributed by atoms with Gasteiger partial charge >= 0.3 is 17.1 Å². The molecule has 3 aromatic carbocycles. The van der Waals surface area contributed by atoms with Crippen LogP contribution >= 0.6 is 0 Å². The maximum absolute atomic E-state index is 7.44. The molecule has 1 fully saturated rings. The van der Waals surface area contributed by atoms with E-state index < -0.39 is 0 Å². The first kappa shape index (κ1) is 41.2. The van der Waals surface area contributed by atoms with E-state index in [1.54, 1.807) is 0 Å². The Balaban J connectivity index is 0.000000575. The largest absolute Gasteiger partial charge is 2.00 e. The van der Waals surface area contributed by atoms with Crippen molar-refractivity contribution in [3.05, 3.63) is 111 Å². The van der Waals surface area contributed by atoms with Crippen molar-refractivity contribution < 1.29 is 21.8 Å². The first-order valence-corrected chi connectivity index (χ1v) is 16.8. The number of para-hydroxylation sites is 2. The summed E-state index contributed by atoms with van der Waals surface area (Å²) < 4.78 is 4.94. The van der Waals surface area contributed by atoms with Gasteiger partial charge in [-0.2, -0.15) is 5.70 Å². The second-order valence-electron chi connectivity index (χ2n) is 13.4. The Morgan fingerprint density at radius 1 is 0.696 bits per heavy atom. The molecule has 5 heteroatoms. The van der Waals surface area contributed by atoms with E-state index in [-0.39, 0.29) is 17.1 Å². The molecule has 4 nitrogen and oxygen atoms in total. The quantitative estimate of drug-likeness (QED) is 0.174. The van der Waals surface area contributed by atoms with Gasteiger partial charge in [-0.3, -0.25) is 4.99 Å². The van der Waals surface area contributed by atoms with Gasteiger partial charge in [-0.15, -0.1) is 11.4 Å². The SMILES string of the molecule is C1CCOC1.CC(/C=C(/C)[N-]c1c(C(C)C)cccc1C(C)C)=Nc1c(C(C)C)cccc1C(C)C.Cc1cccc(C)c1[NH-].[Fe+2]. The molecule has 46 heavy (non-hydrogen) atoms. The van der Waals surface area contributed by atoms with Crippen molar-refractivity contribution in [2.45, 2.75) is 120 Å². The summed E-state index contributed by atoms with van der Waals surface area (Å²) in [6, 6.07) is 19.0. The molecule has 1 aliphatic rings. The number of rotatable bonds is 8. The fraction of sp³-hybridized carbons (Fsp3) is 0.488. The summed E-state index contributed by atoms with van der Waals surface area (Å²) in [6.45, 7) is 28.0. The molecular weight excluding hydrogens is 606 g/mol. The van der Waals surface area contributed by atoms with Crippen LogP contribution in [0.5, 0.6) is 0 Å². The van der Waals surface area contributed by atoms with E-state index in [1.807, 2.05) is 32.0 Å². The summed E-state index contributed by atoms with van der Waals surface area (Å²) in [7, 11) is 0. The molecule has 0 saturated carbocycles. The summed E-state index contributed by atoms with van der Waals surface area (Å²) in [5, 5.41) is 5.08. The molecule has 4 rings (SSSR count). The van der Waals surface area contributed by atoms with Crippen molar-refractivity contribution in [3.63, 3.8) is 0 Å². The van der Waals surface area contributed by atoms with Crippen molar-refractivity contribution in [3.8, 4) is 0 Å². The second kappa shape index (κ2) is 20.4. The van der Waals surface area contributed by atoms with Crippen molar-refractivity contribution in [2.75, 3.05) is 13.2 Å². The summed E-state index contributed by atoms with van der Waals surface area (Å²) in [6.07, 6.45) is 4.67. The maximum Gasteiger partial charge on any atom is 2.00 e. The molecule has 1 saturated heterocycles. The molecule has 1 aliphatic heterocycles. The van der Waals surface area contributed by atoms with Gasteiger partial charge in [0, 0.05) is 18.9 Å². The number of nitrogens with one attached hydrogen (secondary N) is 1. The zero-order valence-electron chi connectivity index (χ0n) is 30.6. The van der Waals surface area contributed by atoms with E-state index in [1.165, 1.54) is 35.1 Å². The molecule has 1 heterocycles. The van der Waals surface area contributed by atoms with E-state index in [0.29, 0.717) is 29.4 Å². The monoisotopic (exact) mass is 665 g/mol. The summed E-state index contributed by atoms with van der Waals surface area (Å²) in [4.78, 5) is 5.08. The van der Waals surface area contributed by atoms with E-state index in [0.717, 1.165) is 47.1 Å². The zero-order valence-corrected chi connectivity index (χ0v) is 31.7. The van der Waals surface area contributed by atoms with Crippen molar-refractivity contribution in [1.29, 1.82) is 0 Å². The number of ether oxygens (including phenoxy) is 1. The molecule has 0 bridgehead atoms. The molecule has 0 radical (unpaired) electrons. The Bertz CT molecular complexity index is 1330. The van der Waals surface area contributed by atoms with Gasteiger partial charge in [0.25, 0.3) is 0 Å². The third kappa shape index (κ3) is 12.7. The number of hydrogen-bond donors (Lipinski definition) is 0. The second-order valence-corrected chi connectivity index (χ2v) is 13.4. The zero-order chi connectivity index (χ0) is 33.7. The van der Waals surface area contributed by atoms with E-state index in [4.69, 9.17) is 20.8 Å². The minimum Gasteiger partial charge on any atom is -0.698 e. The third-order valence-electron chi connectivity index (χ3n) is 7.99. The van der Waals surface area contributed by atoms with Crippen LogP contribution in [0.25, 0.3) is 11.1 Å². The average molecular weight is 666 g/mol. The topological polar surface area (TPSA) is 59.5 Å². The molecule has 3 aromatic rings. The Kier molecular flexibility index (Phi) is 18.3. The van der Waals surface area contributed by atoms with Crippen LogP contribution in [0.15, 0.2) is 71.4 Å². The van der Waals surface area contributed by atoms with Gasteiger partial charge in [0.2, 0.25) is 0 Å². The van der Waals surface area contributed by atoms with Crippen LogP contribution in [-0.4, -0.2) is 18.9 Å². The van der Waals surface area contributed by atoms with Gasteiger partial charge in [-0.1, -0.05) is 145 Å². The number of benzene rings is 3. The average Bonchev–Trinajstić information content (AvgIpc) is 3.56. The molecule has 0 aromatic heterocycles. The Labute approximate surface area is 292 Å². The molecule has 0 atom stereocenters. The number of aryl methyl sites for hydroxylation is 2. The number of nitrogens with zero attached hydrogens (tertiary/aromatic N) is 2. The first-order valence-electron chi connectivity index (χ1n) is 16.8. The van der Waals surface area contributed by atoms with Gasteiger partial charge in [-0.05, 0) is 68.4 Å². The van der Waals surface area contributed by atoms with Crippen molar-refractivity contribution >= 4 is 22.8 Å². The minimum absolute atomic E-state index is 0. The standard InChI is InChI=1S/C29H41N2.C8H10N.C4H8O.Fe/c1-18(2)24-13-11-14-25(19(3)4)28(24)30-22(9)17-23(10)31-29-26(20(5)6)15-12-16-27(29)21(7)8;1-6-4-3-5-7(2)8(6)9;1-2-4-5-3-1;/h11-21H,1-10H3;3-5,9H,1-2H3;1-4H2;/q2*-1;;+2/b22-17-,31-23?;;;. The van der Waals surface area contributed by atoms with Crippen LogP contribution in [0.1, 0.15) is 139 Å². The van der Waals surface area contributed by atoms with E-state index in [2.05, 4.69) is 112 Å². The first-order chi connectivity index (χ1) is 21.2. The van der Waals surface area contributed by atoms with Crippen LogP contribution in [0.2, 0.25) is 0 Å². The summed E-state index contributed by atoms with van der Waals surface area (Å²) >= 11 is 0. The Hall–Kier alpha value is -2.85. The summed E-state index contributed by atoms with van der Waals surface area (Å²) in [5.41, 5.74) is 19.7. The number of aliphatic imine (C=N–C) groups is 1. The minimum atomic E-state index is 0. The van der Waals surface area contributed by atoms with Crippen molar-refractivity contribution in [2.24, 2.45) is 4.99 Å². The molecule has 0 unspecified atom stereocenters. The van der Waals surface area contributed by atoms with Crippen LogP contribution < -0.4 is 0 Å². The van der Waals surface area contributed by atoms with Gasteiger partial charge < -0.3 is 15.8 Å². The molecule has 1 N–H and O–H groups in total. The summed E-state index contributed by atoms with van der Waals surface area (Å²) in [5.74, 6) is 1.75. The van der Waals surface area contributed by atoms with Crippen molar-refractivity contribution in [1.82, 2.24) is 0 Å². The predicted molar refractivity (Wildman–Crippen MR) is 199 cm³/mol. The van der Waals surface area contributed by atoms with Crippen LogP contribution in [0.3, 0.4) is 0 Å².